The number of likely N-dealkylation sites (tertiary alicyclic amines) is 2. The van der Waals surface area contributed by atoms with Crippen LogP contribution in [-0.4, -0.2) is 59.0 Å². The van der Waals surface area contributed by atoms with Crippen LogP contribution in [0.25, 0.3) is 11.0 Å². The molecule has 0 unspecified atom stereocenters. The molecular formula is C24H32N2O4. The van der Waals surface area contributed by atoms with Gasteiger partial charge in [-0.2, -0.15) is 0 Å². The highest BCUT2D eigenvalue weighted by Crippen LogP contribution is 2.31. The third kappa shape index (κ3) is 3.85. The summed E-state index contributed by atoms with van der Waals surface area (Å²) < 4.78 is 5.81. The van der Waals surface area contributed by atoms with Crippen molar-refractivity contribution < 1.29 is 19.1 Å². The van der Waals surface area contributed by atoms with Gasteiger partial charge in [0.05, 0.1) is 24.7 Å². The van der Waals surface area contributed by atoms with E-state index in [1.807, 2.05) is 18.7 Å². The topological polar surface area (TPSA) is 74.0 Å². The average Bonchev–Trinajstić information content (AvgIpc) is 3.17. The monoisotopic (exact) mass is 412 g/mol. The van der Waals surface area contributed by atoms with Crippen LogP contribution in [0.4, 0.5) is 0 Å². The quantitative estimate of drug-likeness (QED) is 0.841. The Kier molecular flexibility index (Phi) is 5.87. The van der Waals surface area contributed by atoms with Crippen molar-refractivity contribution in [2.45, 2.75) is 59.0 Å². The molecular weight excluding hydrogens is 380 g/mol. The van der Waals surface area contributed by atoms with Gasteiger partial charge in [0.25, 0.3) is 0 Å². The van der Waals surface area contributed by atoms with Crippen LogP contribution in [0.3, 0.4) is 0 Å². The van der Waals surface area contributed by atoms with Crippen molar-refractivity contribution in [2.75, 3.05) is 26.2 Å². The van der Waals surface area contributed by atoms with Crippen LogP contribution >= 0.6 is 0 Å². The molecule has 2 aliphatic heterocycles. The van der Waals surface area contributed by atoms with Crippen LogP contribution < -0.4 is 0 Å². The fraction of sp³-hybridized carbons (Fsp3) is 0.583. The van der Waals surface area contributed by atoms with Gasteiger partial charge in [-0.1, -0.05) is 6.07 Å². The molecule has 1 aromatic carbocycles. The molecule has 0 saturated carbocycles. The lowest BCUT2D eigenvalue weighted by Crippen LogP contribution is -2.53. The summed E-state index contributed by atoms with van der Waals surface area (Å²) in [5.41, 5.74) is 5.12. The summed E-state index contributed by atoms with van der Waals surface area (Å²) in [5, 5.41) is 11.5. The van der Waals surface area contributed by atoms with Crippen LogP contribution in [-0.2, 0) is 16.0 Å². The SMILES string of the molecule is Cc1cc(C)c2c(CC(=O)N3CC[C@@H](O)[C@@H](C(=O)N4CCCCC4)C3)coc2c1C. The highest BCUT2D eigenvalue weighted by molar-refractivity contribution is 5.92. The number of aliphatic hydroxyl groups excluding tert-OH is 1. The Bertz CT molecular complexity index is 958. The van der Waals surface area contributed by atoms with Crippen LogP contribution in [0.2, 0.25) is 0 Å². The van der Waals surface area contributed by atoms with Gasteiger partial charge >= 0.3 is 0 Å². The Hall–Kier alpha value is -2.34. The molecule has 2 fully saturated rings. The predicted octanol–water partition coefficient (Wildman–Crippen LogP) is 3.12. The number of aliphatic hydroxyl groups is 1. The summed E-state index contributed by atoms with van der Waals surface area (Å²) in [5.74, 6) is -0.539. The van der Waals surface area contributed by atoms with E-state index in [0.29, 0.717) is 19.5 Å². The zero-order valence-corrected chi connectivity index (χ0v) is 18.2. The molecule has 6 heteroatoms. The number of hydrogen-bond acceptors (Lipinski definition) is 4. The van der Waals surface area contributed by atoms with E-state index < -0.39 is 12.0 Å². The third-order valence-corrected chi connectivity index (χ3v) is 6.88. The largest absolute Gasteiger partial charge is 0.464 e. The lowest BCUT2D eigenvalue weighted by Gasteiger charge is -2.38. The third-order valence-electron chi connectivity index (χ3n) is 6.88. The van der Waals surface area contributed by atoms with Crippen molar-refractivity contribution in [1.82, 2.24) is 9.80 Å². The van der Waals surface area contributed by atoms with Crippen molar-refractivity contribution >= 4 is 22.8 Å². The fourth-order valence-electron chi connectivity index (χ4n) is 4.95. The Morgan fingerprint density at radius 2 is 1.80 bits per heavy atom. The lowest BCUT2D eigenvalue weighted by atomic mass is 9.92. The number of hydrogen-bond donors (Lipinski definition) is 1. The molecule has 2 atom stereocenters. The Labute approximate surface area is 177 Å². The molecule has 162 valence electrons. The maximum absolute atomic E-state index is 13.1. The molecule has 1 N–H and O–H groups in total. The summed E-state index contributed by atoms with van der Waals surface area (Å²) in [4.78, 5) is 29.7. The van der Waals surface area contributed by atoms with E-state index in [4.69, 9.17) is 4.42 Å². The van der Waals surface area contributed by atoms with Gasteiger partial charge < -0.3 is 19.3 Å². The van der Waals surface area contributed by atoms with Crippen molar-refractivity contribution in [1.29, 1.82) is 0 Å². The molecule has 4 rings (SSSR count). The minimum absolute atomic E-state index is 0.00425. The Morgan fingerprint density at radius 1 is 1.07 bits per heavy atom. The highest BCUT2D eigenvalue weighted by atomic mass is 16.3. The molecule has 0 bridgehead atoms. The summed E-state index contributed by atoms with van der Waals surface area (Å²) in [6.07, 6.45) is 4.89. The molecule has 30 heavy (non-hydrogen) atoms. The molecule has 2 aromatic rings. The molecule has 3 heterocycles. The van der Waals surface area contributed by atoms with Crippen molar-refractivity contribution in [3.8, 4) is 0 Å². The molecule has 1 aromatic heterocycles. The van der Waals surface area contributed by atoms with Gasteiger partial charge in [-0.15, -0.1) is 0 Å². The first-order valence-corrected chi connectivity index (χ1v) is 11.1. The fourth-order valence-corrected chi connectivity index (χ4v) is 4.95. The molecule has 0 spiro atoms. The first kappa shape index (κ1) is 20.9. The molecule has 2 saturated heterocycles. The van der Waals surface area contributed by atoms with E-state index in [1.165, 1.54) is 5.56 Å². The number of benzene rings is 1. The minimum atomic E-state index is -0.675. The number of carbonyl (C=O) groups is 2. The number of nitrogens with zero attached hydrogens (tertiary/aromatic N) is 2. The van der Waals surface area contributed by atoms with Gasteiger partial charge in [0, 0.05) is 37.1 Å². The van der Waals surface area contributed by atoms with Crippen LogP contribution in [0, 0.1) is 26.7 Å². The van der Waals surface area contributed by atoms with Crippen LogP contribution in [0.5, 0.6) is 0 Å². The Morgan fingerprint density at radius 3 is 2.53 bits per heavy atom. The summed E-state index contributed by atoms with van der Waals surface area (Å²) in [6.45, 7) is 8.44. The summed E-state index contributed by atoms with van der Waals surface area (Å²) in [7, 11) is 0. The van der Waals surface area contributed by atoms with E-state index in [0.717, 1.165) is 60.0 Å². The summed E-state index contributed by atoms with van der Waals surface area (Å²) in [6, 6.07) is 2.13. The number of amides is 2. The van der Waals surface area contributed by atoms with Crippen molar-refractivity contribution in [2.24, 2.45) is 5.92 Å². The molecule has 2 amide bonds. The molecule has 6 nitrogen and oxygen atoms in total. The van der Waals surface area contributed by atoms with Gasteiger partial charge in [-0.25, -0.2) is 0 Å². The number of furan rings is 1. The van der Waals surface area contributed by atoms with E-state index in [9.17, 15) is 14.7 Å². The zero-order valence-electron chi connectivity index (χ0n) is 18.2. The van der Waals surface area contributed by atoms with Gasteiger partial charge in [0.1, 0.15) is 5.58 Å². The predicted molar refractivity (Wildman–Crippen MR) is 115 cm³/mol. The second-order valence-corrected chi connectivity index (χ2v) is 8.97. The smallest absolute Gasteiger partial charge is 0.230 e. The van der Waals surface area contributed by atoms with Gasteiger partial charge in [-0.3, -0.25) is 9.59 Å². The normalized spacial score (nSPS) is 22.5. The average molecular weight is 413 g/mol. The molecule has 2 aliphatic rings. The maximum Gasteiger partial charge on any atom is 0.230 e. The summed E-state index contributed by atoms with van der Waals surface area (Å²) >= 11 is 0. The van der Waals surface area contributed by atoms with Gasteiger partial charge in [-0.05, 0) is 63.1 Å². The molecule has 0 aliphatic carbocycles. The lowest BCUT2D eigenvalue weighted by molar-refractivity contribution is -0.147. The zero-order chi connectivity index (χ0) is 21.4. The second kappa shape index (κ2) is 8.42. The van der Waals surface area contributed by atoms with Crippen LogP contribution in [0.1, 0.15) is 47.9 Å². The first-order valence-electron chi connectivity index (χ1n) is 11.1. The van der Waals surface area contributed by atoms with Gasteiger partial charge in [0.2, 0.25) is 11.8 Å². The highest BCUT2D eigenvalue weighted by Gasteiger charge is 2.37. The minimum Gasteiger partial charge on any atom is -0.464 e. The van der Waals surface area contributed by atoms with E-state index in [1.54, 1.807) is 11.2 Å². The molecule has 0 radical (unpaired) electrons. The number of rotatable bonds is 3. The first-order chi connectivity index (χ1) is 14.4. The van der Waals surface area contributed by atoms with Crippen molar-refractivity contribution in [3.05, 3.63) is 34.6 Å². The van der Waals surface area contributed by atoms with E-state index in [-0.39, 0.29) is 18.2 Å². The van der Waals surface area contributed by atoms with E-state index >= 15 is 0 Å². The van der Waals surface area contributed by atoms with Crippen LogP contribution in [0.15, 0.2) is 16.7 Å². The standard InChI is InChI=1S/C24H32N2O4/c1-15-11-16(2)22-18(14-30-23(22)17(15)3)12-21(28)26-10-7-20(27)19(13-26)24(29)25-8-5-4-6-9-25/h11,14,19-20,27H,4-10,12-13H2,1-3H3/t19-,20+/m0/s1. The Balaban J connectivity index is 1.49. The number of fused-ring (bicyclic) bond motifs is 1. The number of piperidine rings is 2. The second-order valence-electron chi connectivity index (χ2n) is 8.97. The number of aryl methyl sites for hydroxylation is 3. The van der Waals surface area contributed by atoms with Crippen molar-refractivity contribution in [3.63, 3.8) is 0 Å². The maximum atomic E-state index is 13.1. The van der Waals surface area contributed by atoms with Gasteiger partial charge in [0.15, 0.2) is 0 Å². The number of carbonyl (C=O) groups excluding carboxylic acids is 2. The van der Waals surface area contributed by atoms with E-state index in [2.05, 4.69) is 13.0 Å².